The number of methoxy groups -OCH3 is 1. The van der Waals surface area contributed by atoms with E-state index in [1.807, 2.05) is 0 Å². The molecule has 54 valence electrons. The Bertz CT molecular complexity index is 237. The van der Waals surface area contributed by atoms with Crippen LogP contribution in [0.4, 0.5) is 10.1 Å². The van der Waals surface area contributed by atoms with Crippen LogP contribution in [0.1, 0.15) is 0 Å². The number of hydrogen-bond donors (Lipinski definition) is 1. The highest BCUT2D eigenvalue weighted by Crippen LogP contribution is 2.19. The first-order chi connectivity index (χ1) is 4.74. The molecular formula is C7H9FNO+. The van der Waals surface area contributed by atoms with Gasteiger partial charge in [-0.1, -0.05) is 0 Å². The average molecular weight is 142 g/mol. The molecule has 0 aliphatic rings. The lowest BCUT2D eigenvalue weighted by molar-refractivity contribution is -0.256. The highest BCUT2D eigenvalue weighted by atomic mass is 19.1. The van der Waals surface area contributed by atoms with Gasteiger partial charge in [0.2, 0.25) is 0 Å². The van der Waals surface area contributed by atoms with Crippen molar-refractivity contribution in [3.63, 3.8) is 0 Å². The zero-order valence-corrected chi connectivity index (χ0v) is 5.73. The van der Waals surface area contributed by atoms with Crippen molar-refractivity contribution in [2.75, 3.05) is 7.11 Å². The second kappa shape index (κ2) is 2.66. The van der Waals surface area contributed by atoms with Crippen molar-refractivity contribution in [3.05, 3.63) is 24.0 Å². The Balaban J connectivity index is 3.09. The van der Waals surface area contributed by atoms with Crippen LogP contribution in [0.15, 0.2) is 18.2 Å². The van der Waals surface area contributed by atoms with E-state index in [4.69, 9.17) is 4.74 Å². The Labute approximate surface area is 58.4 Å². The SMILES string of the molecule is COc1cc(F)ccc1[NH3+]. The second-order valence-corrected chi connectivity index (χ2v) is 1.96. The van der Waals surface area contributed by atoms with Gasteiger partial charge in [-0.25, -0.2) is 4.39 Å². The van der Waals surface area contributed by atoms with Crippen molar-refractivity contribution in [3.8, 4) is 5.75 Å². The summed E-state index contributed by atoms with van der Waals surface area (Å²) in [5.41, 5.74) is 4.34. The monoisotopic (exact) mass is 142 g/mol. The first kappa shape index (κ1) is 7.02. The highest BCUT2D eigenvalue weighted by molar-refractivity contribution is 5.44. The third-order valence-electron chi connectivity index (χ3n) is 1.25. The second-order valence-electron chi connectivity index (χ2n) is 1.96. The van der Waals surface area contributed by atoms with Crippen LogP contribution in [0.25, 0.3) is 0 Å². The molecule has 0 saturated carbocycles. The molecule has 1 aromatic carbocycles. The van der Waals surface area contributed by atoms with E-state index in [9.17, 15) is 4.39 Å². The van der Waals surface area contributed by atoms with E-state index < -0.39 is 0 Å². The molecule has 0 aliphatic carbocycles. The van der Waals surface area contributed by atoms with Gasteiger partial charge in [0.15, 0.2) is 11.4 Å². The third kappa shape index (κ3) is 1.25. The fourth-order valence-electron chi connectivity index (χ4n) is 0.718. The van der Waals surface area contributed by atoms with E-state index in [0.29, 0.717) is 11.4 Å². The van der Waals surface area contributed by atoms with Gasteiger partial charge in [-0.15, -0.1) is 0 Å². The quantitative estimate of drug-likeness (QED) is 0.616. The number of quaternary nitrogens is 1. The molecule has 1 aromatic rings. The summed E-state index contributed by atoms with van der Waals surface area (Å²) < 4.78 is 17.2. The first-order valence-electron chi connectivity index (χ1n) is 2.89. The molecule has 0 radical (unpaired) electrons. The van der Waals surface area contributed by atoms with Crippen LogP contribution in [-0.4, -0.2) is 7.11 Å². The summed E-state index contributed by atoms with van der Waals surface area (Å²) in [7, 11) is 1.49. The molecule has 0 fully saturated rings. The number of benzene rings is 1. The zero-order valence-electron chi connectivity index (χ0n) is 5.73. The fraction of sp³-hybridized carbons (Fsp3) is 0.143. The molecule has 3 N–H and O–H groups in total. The van der Waals surface area contributed by atoms with Crippen molar-refractivity contribution >= 4 is 5.69 Å². The van der Waals surface area contributed by atoms with Crippen LogP contribution in [0.5, 0.6) is 5.75 Å². The Morgan fingerprint density at radius 3 is 2.70 bits per heavy atom. The van der Waals surface area contributed by atoms with Gasteiger partial charge in [-0.3, -0.25) is 0 Å². The van der Waals surface area contributed by atoms with Crippen LogP contribution < -0.4 is 10.5 Å². The molecule has 2 nitrogen and oxygen atoms in total. The molecule has 0 saturated heterocycles. The van der Waals surface area contributed by atoms with Gasteiger partial charge in [-0.2, -0.15) is 0 Å². The van der Waals surface area contributed by atoms with Gasteiger partial charge in [0, 0.05) is 12.1 Å². The lowest BCUT2D eigenvalue weighted by Gasteiger charge is -1.98. The maximum absolute atomic E-state index is 12.4. The van der Waals surface area contributed by atoms with Crippen molar-refractivity contribution in [1.82, 2.24) is 0 Å². The number of ether oxygens (including phenoxy) is 1. The summed E-state index contributed by atoms with van der Waals surface area (Å²) in [4.78, 5) is 0. The summed E-state index contributed by atoms with van der Waals surface area (Å²) in [5, 5.41) is 0. The summed E-state index contributed by atoms with van der Waals surface area (Å²) in [6.45, 7) is 0. The molecule has 0 amide bonds. The predicted molar refractivity (Wildman–Crippen MR) is 35.5 cm³/mol. The Morgan fingerprint density at radius 2 is 2.20 bits per heavy atom. The van der Waals surface area contributed by atoms with Gasteiger partial charge < -0.3 is 10.5 Å². The van der Waals surface area contributed by atoms with Crippen molar-refractivity contribution < 1.29 is 14.9 Å². The van der Waals surface area contributed by atoms with Gasteiger partial charge in [-0.05, 0) is 6.07 Å². The number of rotatable bonds is 1. The normalized spacial score (nSPS) is 9.50. The Morgan fingerprint density at radius 1 is 1.50 bits per heavy atom. The smallest absolute Gasteiger partial charge is 0.182 e. The van der Waals surface area contributed by atoms with E-state index in [0.717, 1.165) is 0 Å². The lowest BCUT2D eigenvalue weighted by atomic mass is 10.3. The van der Waals surface area contributed by atoms with Crippen LogP contribution in [-0.2, 0) is 0 Å². The molecule has 1 rings (SSSR count). The molecule has 0 heterocycles. The van der Waals surface area contributed by atoms with Crippen LogP contribution in [0.3, 0.4) is 0 Å². The molecule has 0 bridgehead atoms. The minimum Gasteiger partial charge on any atom is -0.491 e. The van der Waals surface area contributed by atoms with Crippen LogP contribution >= 0.6 is 0 Å². The zero-order chi connectivity index (χ0) is 7.56. The van der Waals surface area contributed by atoms with E-state index in [1.165, 1.54) is 19.2 Å². The molecule has 0 atom stereocenters. The average Bonchev–Trinajstić information content (AvgIpc) is 1.94. The first-order valence-corrected chi connectivity index (χ1v) is 2.89. The lowest BCUT2D eigenvalue weighted by Crippen LogP contribution is -2.40. The van der Waals surface area contributed by atoms with Crippen molar-refractivity contribution in [1.29, 1.82) is 0 Å². The largest absolute Gasteiger partial charge is 0.491 e. The number of halogens is 1. The minimum atomic E-state index is -0.302. The molecular weight excluding hydrogens is 133 g/mol. The summed E-state index contributed by atoms with van der Waals surface area (Å²) in [6, 6.07) is 4.24. The van der Waals surface area contributed by atoms with Crippen molar-refractivity contribution in [2.45, 2.75) is 0 Å². The fourth-order valence-corrected chi connectivity index (χ4v) is 0.718. The standard InChI is InChI=1S/C7H8FNO/c1-10-7-4-5(8)2-3-6(7)9/h2-4H,9H2,1H3/p+1. The van der Waals surface area contributed by atoms with Gasteiger partial charge in [0.05, 0.1) is 7.11 Å². The maximum Gasteiger partial charge on any atom is 0.182 e. The molecule has 0 unspecified atom stereocenters. The predicted octanol–water partition coefficient (Wildman–Crippen LogP) is 0.708. The molecule has 0 aliphatic heterocycles. The summed E-state index contributed by atoms with van der Waals surface area (Å²) in [5.74, 6) is 0.184. The van der Waals surface area contributed by atoms with Gasteiger partial charge in [0.25, 0.3) is 0 Å². The number of hydrogen-bond acceptors (Lipinski definition) is 1. The third-order valence-corrected chi connectivity index (χ3v) is 1.25. The molecule has 0 spiro atoms. The summed E-state index contributed by atoms with van der Waals surface area (Å²) >= 11 is 0. The van der Waals surface area contributed by atoms with Crippen LogP contribution in [0, 0.1) is 5.82 Å². The van der Waals surface area contributed by atoms with E-state index in [1.54, 1.807) is 6.07 Å². The molecule has 0 aromatic heterocycles. The van der Waals surface area contributed by atoms with Crippen LogP contribution in [0.2, 0.25) is 0 Å². The Hall–Kier alpha value is -1.09. The molecule has 3 heteroatoms. The topological polar surface area (TPSA) is 36.9 Å². The van der Waals surface area contributed by atoms with E-state index in [-0.39, 0.29) is 5.82 Å². The minimum absolute atomic E-state index is 0.302. The van der Waals surface area contributed by atoms with E-state index >= 15 is 0 Å². The van der Waals surface area contributed by atoms with Gasteiger partial charge in [0.1, 0.15) is 5.82 Å². The highest BCUT2D eigenvalue weighted by Gasteiger charge is 2.01. The maximum atomic E-state index is 12.4. The summed E-state index contributed by atoms with van der Waals surface area (Å²) in [6.07, 6.45) is 0. The Kier molecular flexibility index (Phi) is 1.87. The van der Waals surface area contributed by atoms with E-state index in [2.05, 4.69) is 5.73 Å². The van der Waals surface area contributed by atoms with Crippen molar-refractivity contribution in [2.24, 2.45) is 0 Å². The molecule has 10 heavy (non-hydrogen) atoms. The van der Waals surface area contributed by atoms with Gasteiger partial charge >= 0.3 is 0 Å².